The maximum absolute atomic E-state index is 13.4. The van der Waals surface area contributed by atoms with Crippen molar-refractivity contribution in [3.8, 4) is 0 Å². The maximum Gasteiger partial charge on any atom is 0.191 e. The van der Waals surface area contributed by atoms with Crippen molar-refractivity contribution in [2.75, 3.05) is 6.54 Å². The molecule has 6 heteroatoms. The number of hydrogen-bond donors (Lipinski definition) is 2. The molecule has 0 unspecified atom stereocenters. The van der Waals surface area contributed by atoms with Crippen LogP contribution >= 0.6 is 0 Å². The summed E-state index contributed by atoms with van der Waals surface area (Å²) in [6.45, 7) is 8.69. The lowest BCUT2D eigenvalue weighted by molar-refractivity contribution is 0.625. The predicted octanol–water partition coefficient (Wildman–Crippen LogP) is 3.94. The van der Waals surface area contributed by atoms with Crippen LogP contribution in [0.2, 0.25) is 0 Å². The highest BCUT2D eigenvalue weighted by molar-refractivity contribution is 5.79. The first-order valence-electron chi connectivity index (χ1n) is 9.90. The van der Waals surface area contributed by atoms with Crippen LogP contribution in [0.3, 0.4) is 0 Å². The van der Waals surface area contributed by atoms with E-state index in [1.54, 1.807) is 6.07 Å². The number of aliphatic imine (C=N–C) groups is 1. The third kappa shape index (κ3) is 5.67. The monoisotopic (exact) mass is 393 g/mol. The SMILES string of the molecule is CCNC(=NCc1cccc(F)c1)NCc1c(C)nn(Cc2ccccc2)c1C. The molecule has 2 N–H and O–H groups in total. The van der Waals surface area contributed by atoms with E-state index in [9.17, 15) is 4.39 Å². The summed E-state index contributed by atoms with van der Waals surface area (Å²) in [5, 5.41) is 11.3. The predicted molar refractivity (Wildman–Crippen MR) is 115 cm³/mol. The number of rotatable bonds is 7. The van der Waals surface area contributed by atoms with Crippen molar-refractivity contribution in [1.82, 2.24) is 20.4 Å². The molecule has 29 heavy (non-hydrogen) atoms. The molecule has 0 fully saturated rings. The van der Waals surface area contributed by atoms with Crippen LogP contribution in [0, 0.1) is 19.7 Å². The summed E-state index contributed by atoms with van der Waals surface area (Å²) >= 11 is 0. The standard InChI is InChI=1S/C23H28FN5/c1-4-25-23(26-14-20-11-8-12-21(24)13-20)27-15-22-17(2)28-29(18(22)3)16-19-9-6-5-7-10-19/h5-13H,4,14-16H2,1-3H3,(H2,25,26,27). The van der Waals surface area contributed by atoms with E-state index in [1.807, 2.05) is 42.8 Å². The van der Waals surface area contributed by atoms with E-state index in [0.29, 0.717) is 19.0 Å². The van der Waals surface area contributed by atoms with Gasteiger partial charge in [-0.25, -0.2) is 9.38 Å². The average molecular weight is 394 g/mol. The van der Waals surface area contributed by atoms with Gasteiger partial charge in [0.25, 0.3) is 0 Å². The van der Waals surface area contributed by atoms with Crippen LogP contribution in [-0.2, 0) is 19.6 Å². The molecule has 0 spiro atoms. The van der Waals surface area contributed by atoms with Gasteiger partial charge in [-0.3, -0.25) is 4.68 Å². The highest BCUT2D eigenvalue weighted by atomic mass is 19.1. The third-order valence-electron chi connectivity index (χ3n) is 4.79. The Morgan fingerprint density at radius 2 is 1.79 bits per heavy atom. The number of nitrogens with one attached hydrogen (secondary N) is 2. The van der Waals surface area contributed by atoms with Gasteiger partial charge in [0.15, 0.2) is 5.96 Å². The zero-order chi connectivity index (χ0) is 20.6. The Balaban J connectivity index is 1.68. The fourth-order valence-electron chi connectivity index (χ4n) is 3.22. The Kier molecular flexibility index (Phi) is 7.00. The van der Waals surface area contributed by atoms with E-state index in [4.69, 9.17) is 5.10 Å². The normalized spacial score (nSPS) is 11.5. The molecule has 0 aliphatic carbocycles. The smallest absolute Gasteiger partial charge is 0.191 e. The van der Waals surface area contributed by atoms with Gasteiger partial charge in [-0.2, -0.15) is 5.10 Å². The molecule has 0 aliphatic heterocycles. The molecule has 0 saturated carbocycles. The van der Waals surface area contributed by atoms with Crippen molar-refractivity contribution < 1.29 is 4.39 Å². The van der Waals surface area contributed by atoms with Crippen LogP contribution in [-0.4, -0.2) is 22.3 Å². The third-order valence-corrected chi connectivity index (χ3v) is 4.79. The van der Waals surface area contributed by atoms with Gasteiger partial charge < -0.3 is 10.6 Å². The minimum Gasteiger partial charge on any atom is -0.357 e. The van der Waals surface area contributed by atoms with Crippen LogP contribution < -0.4 is 10.6 Å². The van der Waals surface area contributed by atoms with Crippen molar-refractivity contribution >= 4 is 5.96 Å². The molecule has 2 aromatic carbocycles. The summed E-state index contributed by atoms with van der Waals surface area (Å²) in [5.41, 5.74) is 5.37. The fraction of sp³-hybridized carbons (Fsp3) is 0.304. The molecule has 0 aliphatic rings. The molecule has 3 rings (SSSR count). The topological polar surface area (TPSA) is 54.2 Å². The highest BCUT2D eigenvalue weighted by Crippen LogP contribution is 2.14. The van der Waals surface area contributed by atoms with Crippen molar-refractivity contribution in [3.63, 3.8) is 0 Å². The van der Waals surface area contributed by atoms with Crippen molar-refractivity contribution in [3.05, 3.63) is 88.5 Å². The van der Waals surface area contributed by atoms with Gasteiger partial charge in [0.05, 0.1) is 18.8 Å². The second kappa shape index (κ2) is 9.87. The summed E-state index contributed by atoms with van der Waals surface area (Å²) in [6, 6.07) is 16.8. The number of halogens is 1. The Morgan fingerprint density at radius 3 is 2.52 bits per heavy atom. The van der Waals surface area contributed by atoms with Crippen LogP contribution in [0.15, 0.2) is 59.6 Å². The Hall–Kier alpha value is -3.15. The van der Waals surface area contributed by atoms with E-state index in [-0.39, 0.29) is 5.82 Å². The van der Waals surface area contributed by atoms with E-state index in [1.165, 1.54) is 17.7 Å². The van der Waals surface area contributed by atoms with E-state index in [0.717, 1.165) is 35.6 Å². The minimum atomic E-state index is -0.243. The lowest BCUT2D eigenvalue weighted by Crippen LogP contribution is -2.37. The molecular formula is C23H28FN5. The van der Waals surface area contributed by atoms with E-state index in [2.05, 4.69) is 34.7 Å². The van der Waals surface area contributed by atoms with Gasteiger partial charge in [-0.05, 0) is 44.0 Å². The molecule has 152 valence electrons. The molecule has 0 bridgehead atoms. The lowest BCUT2D eigenvalue weighted by atomic mass is 10.2. The Bertz CT molecular complexity index is 963. The van der Waals surface area contributed by atoms with Crippen molar-refractivity contribution in [1.29, 1.82) is 0 Å². The first kappa shape index (κ1) is 20.6. The number of nitrogens with zero attached hydrogens (tertiary/aromatic N) is 3. The van der Waals surface area contributed by atoms with Gasteiger partial charge in [-0.1, -0.05) is 42.5 Å². The van der Waals surface area contributed by atoms with E-state index >= 15 is 0 Å². The van der Waals surface area contributed by atoms with Crippen LogP contribution in [0.1, 0.15) is 35.0 Å². The van der Waals surface area contributed by atoms with Gasteiger partial charge in [0, 0.05) is 24.3 Å². The van der Waals surface area contributed by atoms with E-state index < -0.39 is 0 Å². The number of hydrogen-bond acceptors (Lipinski definition) is 2. The summed E-state index contributed by atoms with van der Waals surface area (Å²) in [5.74, 6) is 0.458. The molecule has 5 nitrogen and oxygen atoms in total. The number of aromatic nitrogens is 2. The molecule has 1 heterocycles. The lowest BCUT2D eigenvalue weighted by Gasteiger charge is -2.12. The summed E-state index contributed by atoms with van der Waals surface area (Å²) < 4.78 is 15.4. The molecule has 3 aromatic rings. The van der Waals surface area contributed by atoms with Gasteiger partial charge in [0.2, 0.25) is 0 Å². The molecule has 1 aromatic heterocycles. The Labute approximate surface area is 171 Å². The fourth-order valence-corrected chi connectivity index (χ4v) is 3.22. The summed E-state index contributed by atoms with van der Waals surface area (Å²) in [4.78, 5) is 4.57. The molecular weight excluding hydrogens is 365 g/mol. The van der Waals surface area contributed by atoms with Crippen LogP contribution in [0.4, 0.5) is 4.39 Å². The largest absolute Gasteiger partial charge is 0.357 e. The molecule has 0 amide bonds. The van der Waals surface area contributed by atoms with Gasteiger partial charge in [-0.15, -0.1) is 0 Å². The number of guanidine groups is 1. The zero-order valence-electron chi connectivity index (χ0n) is 17.2. The average Bonchev–Trinajstić information content (AvgIpc) is 2.98. The number of benzene rings is 2. The maximum atomic E-state index is 13.4. The summed E-state index contributed by atoms with van der Waals surface area (Å²) in [6.07, 6.45) is 0. The zero-order valence-corrected chi connectivity index (χ0v) is 17.2. The quantitative estimate of drug-likeness (QED) is 0.472. The molecule has 0 saturated heterocycles. The molecule has 0 radical (unpaired) electrons. The number of aryl methyl sites for hydroxylation is 1. The van der Waals surface area contributed by atoms with Gasteiger partial charge in [0.1, 0.15) is 5.82 Å². The van der Waals surface area contributed by atoms with Crippen molar-refractivity contribution in [2.45, 2.75) is 40.4 Å². The first-order valence-corrected chi connectivity index (χ1v) is 9.90. The minimum absolute atomic E-state index is 0.243. The van der Waals surface area contributed by atoms with Crippen molar-refractivity contribution in [2.24, 2.45) is 4.99 Å². The van der Waals surface area contributed by atoms with Crippen LogP contribution in [0.5, 0.6) is 0 Å². The second-order valence-corrected chi connectivity index (χ2v) is 6.97. The summed E-state index contributed by atoms with van der Waals surface area (Å²) in [7, 11) is 0. The second-order valence-electron chi connectivity index (χ2n) is 6.97. The highest BCUT2D eigenvalue weighted by Gasteiger charge is 2.12. The molecule has 0 atom stereocenters. The first-order chi connectivity index (χ1) is 14.1. The van der Waals surface area contributed by atoms with Crippen LogP contribution in [0.25, 0.3) is 0 Å². The van der Waals surface area contributed by atoms with Gasteiger partial charge >= 0.3 is 0 Å². The Morgan fingerprint density at radius 1 is 1.03 bits per heavy atom.